The standard InChI is InChI=1S/C20H21N3O3S2/c24-17(21-11-5-6-11)10-27-20-22-15-8-7-12(9-16(15)28-20)23-18(25)13-3-1-2-4-14(13)19(23)26/h7-9,11,13-14H,1-6,10H2,(H,21,24)/t13-,14-/m1/s1. The zero-order valence-corrected chi connectivity index (χ0v) is 17.0. The van der Waals surface area contributed by atoms with Crippen LogP contribution < -0.4 is 10.2 Å². The van der Waals surface area contributed by atoms with E-state index in [-0.39, 0.29) is 29.6 Å². The van der Waals surface area contributed by atoms with Gasteiger partial charge >= 0.3 is 0 Å². The van der Waals surface area contributed by atoms with Crippen LogP contribution in [0.5, 0.6) is 0 Å². The molecule has 6 nitrogen and oxygen atoms in total. The van der Waals surface area contributed by atoms with Crippen molar-refractivity contribution in [3.8, 4) is 0 Å². The summed E-state index contributed by atoms with van der Waals surface area (Å²) >= 11 is 2.92. The smallest absolute Gasteiger partial charge is 0.237 e. The van der Waals surface area contributed by atoms with E-state index < -0.39 is 0 Å². The summed E-state index contributed by atoms with van der Waals surface area (Å²) in [5.41, 5.74) is 1.47. The lowest BCUT2D eigenvalue weighted by molar-refractivity contribution is -0.122. The number of fused-ring (bicyclic) bond motifs is 2. The van der Waals surface area contributed by atoms with Crippen molar-refractivity contribution in [2.75, 3.05) is 10.7 Å². The average Bonchev–Trinajstić information content (AvgIpc) is 3.35. The Kier molecular flexibility index (Phi) is 4.63. The molecule has 146 valence electrons. The number of thiazole rings is 1. The number of anilines is 1. The van der Waals surface area contributed by atoms with E-state index in [1.807, 2.05) is 18.2 Å². The summed E-state index contributed by atoms with van der Waals surface area (Å²) in [6.45, 7) is 0. The van der Waals surface area contributed by atoms with Crippen molar-refractivity contribution in [3.63, 3.8) is 0 Å². The van der Waals surface area contributed by atoms with Crippen LogP contribution in [0.25, 0.3) is 10.2 Å². The maximum absolute atomic E-state index is 12.8. The molecule has 0 unspecified atom stereocenters. The van der Waals surface area contributed by atoms with Crippen LogP contribution in [0.4, 0.5) is 5.69 Å². The number of imide groups is 1. The molecule has 0 radical (unpaired) electrons. The highest BCUT2D eigenvalue weighted by atomic mass is 32.2. The Hall–Kier alpha value is -1.93. The number of carbonyl (C=O) groups is 3. The lowest BCUT2D eigenvalue weighted by Crippen LogP contribution is -2.30. The third-order valence-electron chi connectivity index (χ3n) is 5.72. The molecule has 8 heteroatoms. The summed E-state index contributed by atoms with van der Waals surface area (Å²) in [7, 11) is 0. The van der Waals surface area contributed by atoms with E-state index >= 15 is 0 Å². The minimum Gasteiger partial charge on any atom is -0.353 e. The second-order valence-electron chi connectivity index (χ2n) is 7.77. The van der Waals surface area contributed by atoms with Gasteiger partial charge in [-0.15, -0.1) is 11.3 Å². The van der Waals surface area contributed by atoms with E-state index in [9.17, 15) is 14.4 Å². The molecule has 5 rings (SSSR count). The van der Waals surface area contributed by atoms with E-state index in [1.54, 1.807) is 0 Å². The summed E-state index contributed by atoms with van der Waals surface area (Å²) < 4.78 is 1.75. The van der Waals surface area contributed by atoms with Crippen molar-refractivity contribution in [1.29, 1.82) is 0 Å². The van der Waals surface area contributed by atoms with Crippen molar-refractivity contribution in [1.82, 2.24) is 10.3 Å². The Morgan fingerprint density at radius 3 is 2.54 bits per heavy atom. The van der Waals surface area contributed by atoms with Gasteiger partial charge in [0.25, 0.3) is 0 Å². The molecule has 3 amide bonds. The summed E-state index contributed by atoms with van der Waals surface area (Å²) in [5.74, 6) is 0.0115. The van der Waals surface area contributed by atoms with Crippen LogP contribution in [0, 0.1) is 11.8 Å². The number of aromatic nitrogens is 1. The number of benzene rings is 1. The molecule has 3 fully saturated rings. The second-order valence-corrected chi connectivity index (χ2v) is 10.0. The van der Waals surface area contributed by atoms with Gasteiger partial charge in [0.15, 0.2) is 4.34 Å². The fourth-order valence-corrected chi connectivity index (χ4v) is 6.05. The molecule has 28 heavy (non-hydrogen) atoms. The Balaban J connectivity index is 1.34. The fraction of sp³-hybridized carbons (Fsp3) is 0.500. The largest absolute Gasteiger partial charge is 0.353 e. The van der Waals surface area contributed by atoms with Gasteiger partial charge in [0.2, 0.25) is 17.7 Å². The molecular weight excluding hydrogens is 394 g/mol. The number of nitrogens with one attached hydrogen (secondary N) is 1. The number of hydrogen-bond acceptors (Lipinski definition) is 6. The van der Waals surface area contributed by atoms with Gasteiger partial charge in [-0.3, -0.25) is 19.3 Å². The maximum Gasteiger partial charge on any atom is 0.237 e. The summed E-state index contributed by atoms with van der Waals surface area (Å²) in [4.78, 5) is 43.4. The first-order chi connectivity index (χ1) is 13.6. The number of amides is 3. The van der Waals surface area contributed by atoms with Crippen LogP contribution in [-0.4, -0.2) is 34.5 Å². The second kappa shape index (κ2) is 7.15. The van der Waals surface area contributed by atoms with Gasteiger partial charge in [-0.2, -0.15) is 0 Å². The summed E-state index contributed by atoms with van der Waals surface area (Å²) in [6.07, 6.45) is 5.84. The molecule has 2 aromatic rings. The molecule has 2 saturated carbocycles. The van der Waals surface area contributed by atoms with Crippen LogP contribution in [0.15, 0.2) is 22.5 Å². The normalized spacial score (nSPS) is 24.6. The topological polar surface area (TPSA) is 79.4 Å². The fourth-order valence-electron chi connectivity index (χ4n) is 4.13. The molecule has 2 aliphatic carbocycles. The highest BCUT2D eigenvalue weighted by Gasteiger charge is 2.48. The van der Waals surface area contributed by atoms with Crippen LogP contribution >= 0.6 is 23.1 Å². The molecule has 2 atom stereocenters. The van der Waals surface area contributed by atoms with Gasteiger partial charge in [0, 0.05) is 6.04 Å². The van der Waals surface area contributed by atoms with Crippen LogP contribution in [0.3, 0.4) is 0 Å². The predicted molar refractivity (Wildman–Crippen MR) is 109 cm³/mol. The minimum absolute atomic E-state index is 0.0447. The Morgan fingerprint density at radius 2 is 1.86 bits per heavy atom. The summed E-state index contributed by atoms with van der Waals surface area (Å²) in [6, 6.07) is 5.92. The van der Waals surface area contributed by atoms with Gasteiger partial charge < -0.3 is 5.32 Å². The molecular formula is C20H21N3O3S2. The lowest BCUT2D eigenvalue weighted by atomic mass is 9.81. The number of thioether (sulfide) groups is 1. The third kappa shape index (κ3) is 3.33. The molecule has 1 aromatic carbocycles. The van der Waals surface area contributed by atoms with Crippen LogP contribution in [0.2, 0.25) is 0 Å². The Labute approximate surface area is 171 Å². The monoisotopic (exact) mass is 415 g/mol. The van der Waals surface area contributed by atoms with Gasteiger partial charge in [0.05, 0.1) is 33.5 Å². The number of nitrogens with zero attached hydrogens (tertiary/aromatic N) is 2. The Morgan fingerprint density at radius 1 is 1.14 bits per heavy atom. The van der Waals surface area contributed by atoms with E-state index in [0.717, 1.165) is 53.1 Å². The minimum atomic E-state index is -0.144. The van der Waals surface area contributed by atoms with Gasteiger partial charge in [-0.1, -0.05) is 24.6 Å². The predicted octanol–water partition coefficient (Wildman–Crippen LogP) is 3.35. The Bertz CT molecular complexity index is 945. The van der Waals surface area contributed by atoms with E-state index in [4.69, 9.17) is 0 Å². The average molecular weight is 416 g/mol. The number of hydrogen-bond donors (Lipinski definition) is 1. The molecule has 0 spiro atoms. The first-order valence-corrected chi connectivity index (χ1v) is 11.6. The van der Waals surface area contributed by atoms with Crippen molar-refractivity contribution in [3.05, 3.63) is 18.2 Å². The zero-order chi connectivity index (χ0) is 19.3. The molecule has 0 bridgehead atoms. The SMILES string of the molecule is O=C(CSc1nc2ccc(N3C(=O)[C@@H]4CCCC[C@H]4C3=O)cc2s1)NC1CC1. The third-order valence-corrected chi connectivity index (χ3v) is 7.88. The van der Waals surface area contributed by atoms with Crippen molar-refractivity contribution >= 4 is 56.7 Å². The van der Waals surface area contributed by atoms with Gasteiger partial charge in [-0.25, -0.2) is 4.98 Å². The van der Waals surface area contributed by atoms with E-state index in [0.29, 0.717) is 17.5 Å². The molecule has 2 heterocycles. The lowest BCUT2D eigenvalue weighted by Gasteiger charge is -2.19. The molecule has 3 aliphatic rings. The molecule has 1 N–H and O–H groups in total. The van der Waals surface area contributed by atoms with E-state index in [1.165, 1.54) is 28.0 Å². The summed E-state index contributed by atoms with van der Waals surface area (Å²) in [5, 5.41) is 2.97. The van der Waals surface area contributed by atoms with E-state index in [2.05, 4.69) is 10.3 Å². The van der Waals surface area contributed by atoms with Crippen LogP contribution in [-0.2, 0) is 14.4 Å². The van der Waals surface area contributed by atoms with Crippen molar-refractivity contribution in [2.45, 2.75) is 48.9 Å². The zero-order valence-electron chi connectivity index (χ0n) is 15.3. The number of carbonyl (C=O) groups excluding carboxylic acids is 3. The maximum atomic E-state index is 12.8. The first-order valence-electron chi connectivity index (χ1n) is 9.81. The quantitative estimate of drug-likeness (QED) is 0.598. The molecule has 1 aliphatic heterocycles. The van der Waals surface area contributed by atoms with Crippen molar-refractivity contribution < 1.29 is 14.4 Å². The highest BCUT2D eigenvalue weighted by Crippen LogP contribution is 2.41. The number of rotatable bonds is 5. The first kappa shape index (κ1) is 18.1. The van der Waals surface area contributed by atoms with Crippen LogP contribution in [0.1, 0.15) is 38.5 Å². The van der Waals surface area contributed by atoms with Gasteiger partial charge in [-0.05, 0) is 43.9 Å². The van der Waals surface area contributed by atoms with Gasteiger partial charge in [0.1, 0.15) is 0 Å². The molecule has 1 aromatic heterocycles. The highest BCUT2D eigenvalue weighted by molar-refractivity contribution is 8.01. The molecule has 1 saturated heterocycles. The van der Waals surface area contributed by atoms with Crippen molar-refractivity contribution in [2.24, 2.45) is 11.8 Å².